The van der Waals surface area contributed by atoms with Gasteiger partial charge in [-0.1, -0.05) is 6.07 Å². The molecule has 9 nitrogen and oxygen atoms in total. The molecule has 0 unspecified atom stereocenters. The number of anilines is 1. The summed E-state index contributed by atoms with van der Waals surface area (Å²) < 4.78 is 60.5. The van der Waals surface area contributed by atoms with Crippen molar-refractivity contribution in [2.24, 2.45) is 0 Å². The number of sulfonamides is 1. The van der Waals surface area contributed by atoms with Gasteiger partial charge < -0.3 is 14.7 Å². The third-order valence-electron chi connectivity index (χ3n) is 7.06. The number of carbonyl (C=O) groups excluding carboxylic acids is 1. The lowest BCUT2D eigenvalue weighted by molar-refractivity contribution is 0.0964. The first-order chi connectivity index (χ1) is 20.0. The molecule has 0 saturated heterocycles. The highest BCUT2D eigenvalue weighted by molar-refractivity contribution is 7.92. The number of halogens is 2. The molecule has 0 radical (unpaired) electrons. The van der Waals surface area contributed by atoms with E-state index in [0.29, 0.717) is 44.4 Å². The maximum atomic E-state index is 14.4. The number of hydrogen-bond acceptors (Lipinski definition) is 6. The summed E-state index contributed by atoms with van der Waals surface area (Å²) in [6, 6.07) is 16.7. The number of furan rings is 1. The Morgan fingerprint density at radius 3 is 2.45 bits per heavy atom. The summed E-state index contributed by atoms with van der Waals surface area (Å²) in [4.78, 5) is 16.3. The predicted molar refractivity (Wildman–Crippen MR) is 157 cm³/mol. The lowest BCUT2D eigenvalue weighted by Crippen LogP contribution is -2.25. The van der Waals surface area contributed by atoms with Crippen LogP contribution in [0.3, 0.4) is 0 Å². The average molecular weight is 588 g/mol. The van der Waals surface area contributed by atoms with Crippen molar-refractivity contribution >= 4 is 43.5 Å². The molecule has 0 aliphatic carbocycles. The largest absolute Gasteiger partial charge is 0.455 e. The first-order valence-electron chi connectivity index (χ1n) is 12.7. The second-order valence-electron chi connectivity index (χ2n) is 9.70. The number of fused-ring (bicyclic) bond motifs is 2. The van der Waals surface area contributed by atoms with Crippen LogP contribution in [0, 0.1) is 11.6 Å². The number of hydrogen-bond donors (Lipinski definition) is 2. The van der Waals surface area contributed by atoms with Gasteiger partial charge >= 0.3 is 0 Å². The van der Waals surface area contributed by atoms with E-state index >= 15 is 0 Å². The van der Waals surface area contributed by atoms with Crippen LogP contribution in [0.25, 0.3) is 55.7 Å². The van der Waals surface area contributed by atoms with E-state index in [0.717, 1.165) is 10.6 Å². The number of carbonyl (C=O) groups is 1. The van der Waals surface area contributed by atoms with E-state index in [1.165, 1.54) is 56.7 Å². The topological polar surface area (TPSA) is 121 Å². The van der Waals surface area contributed by atoms with Crippen LogP contribution in [0.5, 0.6) is 0 Å². The molecule has 3 aromatic heterocycles. The monoisotopic (exact) mass is 587 g/mol. The summed E-state index contributed by atoms with van der Waals surface area (Å²) in [5.74, 6) is -1.09. The second-order valence-corrected chi connectivity index (χ2v) is 11.7. The van der Waals surface area contributed by atoms with E-state index < -0.39 is 21.7 Å². The summed E-state index contributed by atoms with van der Waals surface area (Å²) in [7, 11) is -0.883. The first kappa shape index (κ1) is 27.1. The zero-order chi connectivity index (χ0) is 29.8. The zero-order valence-corrected chi connectivity index (χ0v) is 23.4. The molecular formula is C30H23F2N5O4S. The minimum Gasteiger partial charge on any atom is -0.455 e. The highest BCUT2D eigenvalue weighted by Crippen LogP contribution is 2.41. The van der Waals surface area contributed by atoms with Gasteiger partial charge in [-0.25, -0.2) is 17.2 Å². The Bertz CT molecular complexity index is 2120. The Labute approximate surface area is 238 Å². The van der Waals surface area contributed by atoms with Gasteiger partial charge in [-0.15, -0.1) is 0 Å². The quantitative estimate of drug-likeness (QED) is 0.256. The third kappa shape index (κ3) is 4.65. The van der Waals surface area contributed by atoms with Crippen molar-refractivity contribution < 1.29 is 26.4 Å². The maximum Gasteiger partial charge on any atom is 0.255 e. The summed E-state index contributed by atoms with van der Waals surface area (Å²) in [5.41, 5.74) is 3.51. The fourth-order valence-electron chi connectivity index (χ4n) is 4.85. The molecule has 0 spiro atoms. The molecule has 6 rings (SSSR count). The molecule has 2 N–H and O–H groups in total. The number of nitrogens with zero attached hydrogens (tertiary/aromatic N) is 3. The molecule has 0 atom stereocenters. The number of amides is 1. The van der Waals surface area contributed by atoms with Crippen molar-refractivity contribution in [3.8, 4) is 33.8 Å². The molecule has 0 aliphatic heterocycles. The lowest BCUT2D eigenvalue weighted by Gasteiger charge is -2.20. The Kier molecular flexibility index (Phi) is 6.49. The van der Waals surface area contributed by atoms with Crippen molar-refractivity contribution in [2.75, 3.05) is 24.7 Å². The normalized spacial score (nSPS) is 11.7. The fraction of sp³-hybridized carbons (Fsp3) is 0.100. The summed E-state index contributed by atoms with van der Waals surface area (Å²) in [5, 5.41) is 11.8. The van der Waals surface area contributed by atoms with E-state index in [9.17, 15) is 22.0 Å². The van der Waals surface area contributed by atoms with Crippen molar-refractivity contribution in [1.82, 2.24) is 20.5 Å². The molecule has 1 amide bonds. The van der Waals surface area contributed by atoms with Gasteiger partial charge in [-0.2, -0.15) is 10.2 Å². The van der Waals surface area contributed by atoms with Gasteiger partial charge in [0.2, 0.25) is 10.0 Å². The van der Waals surface area contributed by atoms with Gasteiger partial charge in [-0.05, 0) is 54.6 Å². The van der Waals surface area contributed by atoms with Gasteiger partial charge in [0.25, 0.3) is 5.91 Å². The molecule has 0 fully saturated rings. The Morgan fingerprint density at radius 2 is 1.76 bits per heavy atom. The number of aromatic amines is 1. The van der Waals surface area contributed by atoms with Crippen LogP contribution in [0.15, 0.2) is 77.3 Å². The molecule has 212 valence electrons. The number of benzene rings is 3. The summed E-state index contributed by atoms with van der Waals surface area (Å²) in [6.07, 6.45) is 2.56. The van der Waals surface area contributed by atoms with Crippen LogP contribution in [-0.2, 0) is 10.0 Å². The molecule has 0 aliphatic rings. The minimum absolute atomic E-state index is 0.184. The van der Waals surface area contributed by atoms with E-state index in [2.05, 4.69) is 20.5 Å². The Hall–Kier alpha value is -5.10. The molecular weight excluding hydrogens is 564 g/mol. The number of rotatable bonds is 6. The molecule has 6 aromatic rings. The lowest BCUT2D eigenvalue weighted by atomic mass is 10.00. The highest BCUT2D eigenvalue weighted by Gasteiger charge is 2.26. The van der Waals surface area contributed by atoms with Crippen molar-refractivity contribution in [1.29, 1.82) is 0 Å². The van der Waals surface area contributed by atoms with Crippen molar-refractivity contribution in [3.63, 3.8) is 0 Å². The van der Waals surface area contributed by atoms with Gasteiger partial charge in [-0.3, -0.25) is 9.10 Å². The van der Waals surface area contributed by atoms with Gasteiger partial charge in [0.15, 0.2) is 0 Å². The SMILES string of the molecule is CNC(=O)c1c(-c2ccc(F)cc2)oc2cc(N(C)S(C)(=O)=O)c(-c3cc(-c4cc5c(F)cccc5[nH]4)cnn3)cc12. The van der Waals surface area contributed by atoms with Crippen molar-refractivity contribution in [3.05, 3.63) is 90.1 Å². The Balaban J connectivity index is 1.60. The molecule has 12 heteroatoms. The number of aromatic nitrogens is 3. The van der Waals surface area contributed by atoms with Crippen LogP contribution in [0.2, 0.25) is 0 Å². The van der Waals surface area contributed by atoms with Gasteiger partial charge in [0.1, 0.15) is 23.0 Å². The molecule has 42 heavy (non-hydrogen) atoms. The second kappa shape index (κ2) is 10.1. The van der Waals surface area contributed by atoms with Gasteiger partial charge in [0.05, 0.1) is 29.4 Å². The van der Waals surface area contributed by atoms with Gasteiger partial charge in [0, 0.05) is 58.8 Å². The van der Waals surface area contributed by atoms with E-state index in [1.54, 1.807) is 30.3 Å². The van der Waals surface area contributed by atoms with E-state index in [4.69, 9.17) is 4.42 Å². The molecule has 0 saturated carbocycles. The van der Waals surface area contributed by atoms with Crippen LogP contribution in [0.1, 0.15) is 10.4 Å². The van der Waals surface area contributed by atoms with Crippen molar-refractivity contribution in [2.45, 2.75) is 0 Å². The molecule has 3 aromatic carbocycles. The third-order valence-corrected chi connectivity index (χ3v) is 8.25. The van der Waals surface area contributed by atoms with Crippen LogP contribution < -0.4 is 9.62 Å². The molecule has 3 heterocycles. The molecule has 0 bridgehead atoms. The zero-order valence-electron chi connectivity index (χ0n) is 22.6. The summed E-state index contributed by atoms with van der Waals surface area (Å²) in [6.45, 7) is 0. The average Bonchev–Trinajstić information content (AvgIpc) is 3.58. The fourth-order valence-corrected chi connectivity index (χ4v) is 5.36. The predicted octanol–water partition coefficient (Wildman–Crippen LogP) is 5.74. The van der Waals surface area contributed by atoms with Crippen LogP contribution >= 0.6 is 0 Å². The maximum absolute atomic E-state index is 14.4. The van der Waals surface area contributed by atoms with Crippen LogP contribution in [0.4, 0.5) is 14.5 Å². The first-order valence-corrected chi connectivity index (χ1v) is 14.5. The number of nitrogens with one attached hydrogen (secondary N) is 2. The minimum atomic E-state index is -3.75. The number of H-pyrrole nitrogens is 1. The van der Waals surface area contributed by atoms with Crippen LogP contribution in [-0.4, -0.2) is 49.9 Å². The Morgan fingerprint density at radius 1 is 1.00 bits per heavy atom. The summed E-state index contributed by atoms with van der Waals surface area (Å²) >= 11 is 0. The van der Waals surface area contributed by atoms with E-state index in [1.807, 2.05) is 0 Å². The smallest absolute Gasteiger partial charge is 0.255 e. The van der Waals surface area contributed by atoms with E-state index in [-0.39, 0.29) is 28.4 Å². The standard InChI is InChI=1S/C30H23F2N5O4S/c1-33-30(38)28-21-12-20(25-11-17(15-34-36-25)24-13-19-22(32)5-4-6-23(19)35-24)26(37(2)42(3,39)40)14-27(21)41-29(28)16-7-9-18(31)10-8-16/h4-15,35H,1-3H3,(H,33,38). The highest BCUT2D eigenvalue weighted by atomic mass is 32.2.